The molecule has 1 aromatic heterocycles. The van der Waals surface area contributed by atoms with E-state index in [4.69, 9.17) is 5.26 Å². The van der Waals surface area contributed by atoms with Crippen LogP contribution in [0.25, 0.3) is 0 Å². The summed E-state index contributed by atoms with van der Waals surface area (Å²) in [6.45, 7) is 0. The summed E-state index contributed by atoms with van der Waals surface area (Å²) in [5, 5.41) is 22.6. The number of carbonyl (C=O) groups is 1. The van der Waals surface area contributed by atoms with E-state index in [2.05, 4.69) is 20.8 Å². The van der Waals surface area contributed by atoms with Crippen LogP contribution in [-0.2, 0) is 0 Å². The fourth-order valence-electron chi connectivity index (χ4n) is 2.05. The van der Waals surface area contributed by atoms with Gasteiger partial charge >= 0.3 is 0 Å². The maximum absolute atomic E-state index is 12.2. The van der Waals surface area contributed by atoms with Crippen molar-refractivity contribution in [1.82, 2.24) is 10.2 Å². The number of para-hydroxylation sites is 1. The molecule has 0 saturated heterocycles. The van der Waals surface area contributed by atoms with Gasteiger partial charge in [0.15, 0.2) is 11.5 Å². The van der Waals surface area contributed by atoms with E-state index in [-0.39, 0.29) is 11.6 Å². The molecule has 0 aliphatic rings. The van der Waals surface area contributed by atoms with Crippen molar-refractivity contribution >= 4 is 23.1 Å². The maximum Gasteiger partial charge on any atom is 0.276 e. The quantitative estimate of drug-likeness (QED) is 0.770. The van der Waals surface area contributed by atoms with Gasteiger partial charge in [0.25, 0.3) is 5.91 Å². The first kappa shape index (κ1) is 15.2. The van der Waals surface area contributed by atoms with Gasteiger partial charge < -0.3 is 10.6 Å². The van der Waals surface area contributed by atoms with Gasteiger partial charge in [-0.25, -0.2) is 0 Å². The minimum Gasteiger partial charge on any atom is -0.339 e. The Hall–Kier alpha value is -3.72. The van der Waals surface area contributed by atoms with Crippen molar-refractivity contribution in [2.45, 2.75) is 0 Å². The van der Waals surface area contributed by atoms with E-state index >= 15 is 0 Å². The van der Waals surface area contributed by atoms with Crippen LogP contribution in [0.2, 0.25) is 0 Å². The van der Waals surface area contributed by atoms with Crippen molar-refractivity contribution in [3.8, 4) is 6.07 Å². The molecule has 1 amide bonds. The first-order valence-electron chi connectivity index (χ1n) is 7.22. The molecule has 2 aromatic carbocycles. The van der Waals surface area contributed by atoms with Crippen molar-refractivity contribution in [2.24, 2.45) is 0 Å². The predicted molar refractivity (Wildman–Crippen MR) is 90.9 cm³/mol. The highest BCUT2D eigenvalue weighted by Gasteiger charge is 2.09. The number of hydrogen-bond acceptors (Lipinski definition) is 5. The van der Waals surface area contributed by atoms with Gasteiger partial charge in [0.1, 0.15) is 0 Å². The number of nitrogens with zero attached hydrogens (tertiary/aromatic N) is 3. The molecule has 3 aromatic rings. The fourth-order valence-corrected chi connectivity index (χ4v) is 2.05. The Bertz CT molecular complexity index is 885. The van der Waals surface area contributed by atoms with Gasteiger partial charge in [-0.2, -0.15) is 5.26 Å². The first-order valence-corrected chi connectivity index (χ1v) is 7.22. The second-order valence-corrected chi connectivity index (χ2v) is 4.94. The van der Waals surface area contributed by atoms with E-state index < -0.39 is 0 Å². The minimum absolute atomic E-state index is 0.191. The van der Waals surface area contributed by atoms with E-state index in [0.717, 1.165) is 5.69 Å². The average molecular weight is 315 g/mol. The third-order valence-corrected chi connectivity index (χ3v) is 3.19. The lowest BCUT2D eigenvalue weighted by Crippen LogP contribution is -2.14. The minimum atomic E-state index is -0.385. The number of nitriles is 1. The fraction of sp³-hybridized carbons (Fsp3) is 0. The van der Waals surface area contributed by atoms with Crippen LogP contribution >= 0.6 is 0 Å². The number of carbonyl (C=O) groups excluding carboxylic acids is 1. The van der Waals surface area contributed by atoms with Gasteiger partial charge in [-0.1, -0.05) is 24.3 Å². The standard InChI is InChI=1S/C18H13N5O/c19-12-13-5-4-8-15(11-13)21-18(24)16-9-10-17(23-22-16)20-14-6-2-1-3-7-14/h1-11H,(H,20,23)(H,21,24). The van der Waals surface area contributed by atoms with E-state index in [1.165, 1.54) is 0 Å². The normalized spacial score (nSPS) is 9.79. The zero-order valence-electron chi connectivity index (χ0n) is 12.6. The molecule has 2 N–H and O–H groups in total. The SMILES string of the molecule is N#Cc1cccc(NC(=O)c2ccc(Nc3ccccc3)nn2)c1. The topological polar surface area (TPSA) is 90.7 Å². The van der Waals surface area contributed by atoms with E-state index in [1.54, 1.807) is 36.4 Å². The lowest BCUT2D eigenvalue weighted by atomic mass is 10.2. The summed E-state index contributed by atoms with van der Waals surface area (Å²) in [5.74, 6) is 0.160. The van der Waals surface area contributed by atoms with E-state index in [9.17, 15) is 4.79 Å². The van der Waals surface area contributed by atoms with Gasteiger partial charge in [0.05, 0.1) is 11.6 Å². The van der Waals surface area contributed by atoms with Crippen molar-refractivity contribution in [3.63, 3.8) is 0 Å². The average Bonchev–Trinajstić information content (AvgIpc) is 2.63. The second-order valence-electron chi connectivity index (χ2n) is 4.94. The van der Waals surface area contributed by atoms with Crippen molar-refractivity contribution < 1.29 is 4.79 Å². The third kappa shape index (κ3) is 3.72. The van der Waals surface area contributed by atoms with Crippen molar-refractivity contribution in [3.05, 3.63) is 78.0 Å². The zero-order chi connectivity index (χ0) is 16.8. The molecule has 0 unspecified atom stereocenters. The highest BCUT2D eigenvalue weighted by Crippen LogP contribution is 2.14. The molecular formula is C18H13N5O. The summed E-state index contributed by atoms with van der Waals surface area (Å²) in [6, 6.07) is 21.5. The van der Waals surface area contributed by atoms with Gasteiger partial charge in [0, 0.05) is 11.4 Å². The number of benzene rings is 2. The smallest absolute Gasteiger partial charge is 0.276 e. The monoisotopic (exact) mass is 315 g/mol. The van der Waals surface area contributed by atoms with Gasteiger partial charge in [-0.15, -0.1) is 10.2 Å². The van der Waals surface area contributed by atoms with Crippen LogP contribution < -0.4 is 10.6 Å². The molecule has 0 spiro atoms. The molecule has 0 aliphatic carbocycles. The van der Waals surface area contributed by atoms with E-state index in [1.807, 2.05) is 36.4 Å². The summed E-state index contributed by atoms with van der Waals surface area (Å²) < 4.78 is 0. The zero-order valence-corrected chi connectivity index (χ0v) is 12.6. The molecule has 6 nitrogen and oxygen atoms in total. The van der Waals surface area contributed by atoms with Gasteiger partial charge in [0.2, 0.25) is 0 Å². The Morgan fingerprint density at radius 1 is 0.917 bits per heavy atom. The number of rotatable bonds is 4. The molecule has 0 aliphatic heterocycles. The van der Waals surface area contributed by atoms with Crippen molar-refractivity contribution in [2.75, 3.05) is 10.6 Å². The second kappa shape index (κ2) is 7.03. The predicted octanol–water partition coefficient (Wildman–Crippen LogP) is 3.34. The number of amides is 1. The Morgan fingerprint density at radius 3 is 2.42 bits per heavy atom. The van der Waals surface area contributed by atoms with Crippen LogP contribution in [0.1, 0.15) is 16.1 Å². The summed E-state index contributed by atoms with van der Waals surface area (Å²) in [6.07, 6.45) is 0. The van der Waals surface area contributed by atoms with Crippen LogP contribution in [0.4, 0.5) is 17.2 Å². The number of anilines is 3. The third-order valence-electron chi connectivity index (χ3n) is 3.19. The summed E-state index contributed by atoms with van der Waals surface area (Å²) in [4.78, 5) is 12.2. The Kier molecular flexibility index (Phi) is 4.45. The largest absolute Gasteiger partial charge is 0.339 e. The molecule has 3 rings (SSSR count). The molecule has 0 radical (unpaired) electrons. The van der Waals surface area contributed by atoms with Crippen LogP contribution in [0.5, 0.6) is 0 Å². The van der Waals surface area contributed by atoms with Gasteiger partial charge in [-0.05, 0) is 42.5 Å². The molecule has 0 atom stereocenters. The molecule has 24 heavy (non-hydrogen) atoms. The molecule has 116 valence electrons. The summed E-state index contributed by atoms with van der Waals surface area (Å²) in [7, 11) is 0. The van der Waals surface area contributed by atoms with Crippen LogP contribution in [-0.4, -0.2) is 16.1 Å². The van der Waals surface area contributed by atoms with Crippen LogP contribution in [0, 0.1) is 11.3 Å². The Morgan fingerprint density at radius 2 is 1.71 bits per heavy atom. The maximum atomic E-state index is 12.2. The summed E-state index contributed by atoms with van der Waals surface area (Å²) >= 11 is 0. The number of hydrogen-bond donors (Lipinski definition) is 2. The molecular weight excluding hydrogens is 302 g/mol. The Balaban J connectivity index is 1.68. The Labute approximate surface area is 138 Å². The van der Waals surface area contributed by atoms with Crippen LogP contribution in [0.15, 0.2) is 66.7 Å². The van der Waals surface area contributed by atoms with Crippen LogP contribution in [0.3, 0.4) is 0 Å². The van der Waals surface area contributed by atoms with Gasteiger partial charge in [-0.3, -0.25) is 4.79 Å². The highest BCUT2D eigenvalue weighted by molar-refractivity contribution is 6.02. The summed E-state index contributed by atoms with van der Waals surface area (Å²) in [5.41, 5.74) is 2.09. The molecule has 0 fully saturated rings. The lowest BCUT2D eigenvalue weighted by molar-refractivity contribution is 0.102. The molecule has 0 bridgehead atoms. The molecule has 6 heteroatoms. The number of aromatic nitrogens is 2. The molecule has 0 saturated carbocycles. The number of nitrogens with one attached hydrogen (secondary N) is 2. The first-order chi connectivity index (χ1) is 11.7. The van der Waals surface area contributed by atoms with Crippen molar-refractivity contribution in [1.29, 1.82) is 5.26 Å². The lowest BCUT2D eigenvalue weighted by Gasteiger charge is -2.06. The molecule has 1 heterocycles. The van der Waals surface area contributed by atoms with E-state index in [0.29, 0.717) is 17.1 Å². The highest BCUT2D eigenvalue weighted by atomic mass is 16.1.